The van der Waals surface area contributed by atoms with Crippen molar-refractivity contribution in [2.75, 3.05) is 0 Å². The third-order valence-corrected chi connectivity index (χ3v) is 2.53. The summed E-state index contributed by atoms with van der Waals surface area (Å²) in [5.74, 6) is 0. The molecule has 2 aromatic heterocycles. The maximum atomic E-state index is 12.5. The summed E-state index contributed by atoms with van der Waals surface area (Å²) in [5, 5.41) is 0.720. The number of fused-ring (bicyclic) bond motifs is 1. The molecule has 0 aliphatic carbocycles. The van der Waals surface area contributed by atoms with Crippen LogP contribution in [0.5, 0.6) is 0 Å². The molecule has 0 unspecified atom stereocenters. The highest BCUT2D eigenvalue weighted by Crippen LogP contribution is 2.26. The van der Waals surface area contributed by atoms with Crippen LogP contribution in [-0.2, 0) is 7.05 Å². The van der Waals surface area contributed by atoms with Gasteiger partial charge in [0.25, 0.3) is 6.43 Å². The number of rotatable bonds is 1. The highest BCUT2D eigenvalue weighted by Gasteiger charge is 2.14. The molecule has 0 amide bonds. The molecule has 0 aliphatic rings. The minimum absolute atomic E-state index is 0.00870. The summed E-state index contributed by atoms with van der Waals surface area (Å²) in [6, 6.07) is 3.23. The van der Waals surface area contributed by atoms with Gasteiger partial charge >= 0.3 is 0 Å². The fraction of sp³-hybridized carbons (Fsp3) is 0.222. The lowest BCUT2D eigenvalue weighted by Crippen LogP contribution is -1.96. The van der Waals surface area contributed by atoms with Gasteiger partial charge in [-0.05, 0) is 28.1 Å². The van der Waals surface area contributed by atoms with E-state index in [0.29, 0.717) is 5.65 Å². The molecule has 0 aliphatic heterocycles. The number of aryl methyl sites for hydroxylation is 1. The fourth-order valence-electron chi connectivity index (χ4n) is 1.42. The van der Waals surface area contributed by atoms with Crippen LogP contribution >= 0.6 is 15.9 Å². The summed E-state index contributed by atoms with van der Waals surface area (Å²) in [5.41, 5.74) is 0.564. The number of pyridine rings is 1. The van der Waals surface area contributed by atoms with E-state index >= 15 is 0 Å². The lowest BCUT2D eigenvalue weighted by Gasteiger charge is -2.00. The Kier molecular flexibility index (Phi) is 2.26. The van der Waals surface area contributed by atoms with Gasteiger partial charge in [-0.25, -0.2) is 13.8 Å². The maximum absolute atomic E-state index is 12.5. The third kappa shape index (κ3) is 1.41. The average Bonchev–Trinajstić information content (AvgIpc) is 2.43. The molecule has 0 fully saturated rings. The normalized spacial score (nSPS) is 11.5. The first-order valence-electron chi connectivity index (χ1n) is 3.98. The van der Waals surface area contributed by atoms with Crippen LogP contribution in [0.25, 0.3) is 11.0 Å². The number of hydrogen-bond acceptors (Lipinski definition) is 1. The minimum atomic E-state index is -2.46. The zero-order chi connectivity index (χ0) is 10.3. The van der Waals surface area contributed by atoms with Crippen LogP contribution in [0.1, 0.15) is 12.1 Å². The van der Waals surface area contributed by atoms with Crippen molar-refractivity contribution in [1.29, 1.82) is 0 Å². The van der Waals surface area contributed by atoms with Crippen LogP contribution in [0.2, 0.25) is 0 Å². The molecule has 2 rings (SSSR count). The molecule has 0 atom stereocenters. The van der Waals surface area contributed by atoms with Crippen molar-refractivity contribution >= 4 is 27.0 Å². The molecule has 0 aromatic carbocycles. The summed E-state index contributed by atoms with van der Waals surface area (Å²) >= 11 is 3.24. The van der Waals surface area contributed by atoms with Gasteiger partial charge in [0, 0.05) is 23.1 Å². The molecular formula is C9H7BrF2N2. The van der Waals surface area contributed by atoms with Crippen molar-refractivity contribution in [2.45, 2.75) is 6.43 Å². The molecule has 0 saturated heterocycles. The minimum Gasteiger partial charge on any atom is -0.328 e. The van der Waals surface area contributed by atoms with E-state index in [2.05, 4.69) is 20.9 Å². The van der Waals surface area contributed by atoms with Gasteiger partial charge in [-0.3, -0.25) is 0 Å². The zero-order valence-electron chi connectivity index (χ0n) is 7.34. The summed E-state index contributed by atoms with van der Waals surface area (Å²) in [4.78, 5) is 4.07. The second-order valence-electron chi connectivity index (χ2n) is 3.00. The molecule has 0 radical (unpaired) electrons. The molecule has 0 bridgehead atoms. The molecule has 0 N–H and O–H groups in total. The number of nitrogens with zero attached hydrogens (tertiary/aromatic N) is 2. The molecule has 2 aromatic rings. The monoisotopic (exact) mass is 260 g/mol. The zero-order valence-corrected chi connectivity index (χ0v) is 8.92. The molecule has 5 heteroatoms. The number of hydrogen-bond donors (Lipinski definition) is 0. The van der Waals surface area contributed by atoms with Crippen LogP contribution in [0.4, 0.5) is 8.78 Å². The first-order valence-corrected chi connectivity index (χ1v) is 4.78. The Balaban J connectivity index is 2.73. The van der Waals surface area contributed by atoms with Gasteiger partial charge in [0.1, 0.15) is 5.65 Å². The van der Waals surface area contributed by atoms with Gasteiger partial charge in [-0.1, -0.05) is 0 Å². The Morgan fingerprint density at radius 2 is 2.14 bits per heavy atom. The highest BCUT2D eigenvalue weighted by atomic mass is 79.9. The van der Waals surface area contributed by atoms with E-state index in [1.165, 1.54) is 10.6 Å². The summed E-state index contributed by atoms with van der Waals surface area (Å²) < 4.78 is 27.2. The smallest absolute Gasteiger partial charge is 0.278 e. The molecular weight excluding hydrogens is 254 g/mol. The van der Waals surface area contributed by atoms with Crippen molar-refractivity contribution in [3.05, 3.63) is 28.5 Å². The van der Waals surface area contributed by atoms with Gasteiger partial charge in [0.05, 0.1) is 5.69 Å². The SMILES string of the molecule is Cn1c(C(F)F)cc2cc(Br)cnc21. The third-order valence-electron chi connectivity index (χ3n) is 2.09. The second-order valence-corrected chi connectivity index (χ2v) is 3.91. The predicted molar refractivity (Wildman–Crippen MR) is 53.4 cm³/mol. The van der Waals surface area contributed by atoms with E-state index in [1.807, 2.05) is 0 Å². The second kappa shape index (κ2) is 3.31. The van der Waals surface area contributed by atoms with E-state index in [4.69, 9.17) is 0 Å². The first kappa shape index (κ1) is 9.58. The average molecular weight is 261 g/mol. The maximum Gasteiger partial charge on any atom is 0.278 e. The van der Waals surface area contributed by atoms with E-state index in [9.17, 15) is 8.78 Å². The Hall–Kier alpha value is -0.970. The highest BCUT2D eigenvalue weighted by molar-refractivity contribution is 9.10. The topological polar surface area (TPSA) is 17.8 Å². The Morgan fingerprint density at radius 1 is 1.43 bits per heavy atom. The molecule has 2 nitrogen and oxygen atoms in total. The van der Waals surface area contributed by atoms with Crippen molar-refractivity contribution in [1.82, 2.24) is 9.55 Å². The first-order chi connectivity index (χ1) is 6.59. The van der Waals surface area contributed by atoms with E-state index in [0.717, 1.165) is 9.86 Å². The van der Waals surface area contributed by atoms with Crippen LogP contribution in [0.3, 0.4) is 0 Å². The summed E-state index contributed by atoms with van der Waals surface area (Å²) in [6.07, 6.45) is -0.870. The number of halogens is 3. The van der Waals surface area contributed by atoms with Crippen molar-refractivity contribution in [3.8, 4) is 0 Å². The van der Waals surface area contributed by atoms with E-state index in [1.54, 1.807) is 19.3 Å². The lowest BCUT2D eigenvalue weighted by atomic mass is 10.3. The molecule has 0 saturated carbocycles. The number of alkyl halides is 2. The van der Waals surface area contributed by atoms with Crippen LogP contribution < -0.4 is 0 Å². The Bertz CT molecular complexity index is 479. The van der Waals surface area contributed by atoms with Crippen LogP contribution in [-0.4, -0.2) is 9.55 Å². The van der Waals surface area contributed by atoms with Crippen LogP contribution in [0.15, 0.2) is 22.8 Å². The van der Waals surface area contributed by atoms with Crippen molar-refractivity contribution in [3.63, 3.8) is 0 Å². The molecule has 74 valence electrons. The van der Waals surface area contributed by atoms with Crippen LogP contribution in [0, 0.1) is 0 Å². The summed E-state index contributed by atoms with van der Waals surface area (Å²) in [7, 11) is 1.59. The summed E-state index contributed by atoms with van der Waals surface area (Å²) in [6.45, 7) is 0. The lowest BCUT2D eigenvalue weighted by molar-refractivity contribution is 0.143. The molecule has 14 heavy (non-hydrogen) atoms. The Labute approximate surface area is 87.7 Å². The van der Waals surface area contributed by atoms with Gasteiger partial charge in [-0.2, -0.15) is 0 Å². The standard InChI is InChI=1S/C9H7BrF2N2/c1-14-7(8(11)12)3-5-2-6(10)4-13-9(5)14/h2-4,8H,1H3. The van der Waals surface area contributed by atoms with Gasteiger partial charge in [-0.15, -0.1) is 0 Å². The quantitative estimate of drug-likeness (QED) is 0.770. The van der Waals surface area contributed by atoms with Crippen molar-refractivity contribution in [2.24, 2.45) is 7.05 Å². The predicted octanol–water partition coefficient (Wildman–Crippen LogP) is 3.27. The molecule has 0 spiro atoms. The fourth-order valence-corrected chi connectivity index (χ4v) is 1.77. The van der Waals surface area contributed by atoms with E-state index < -0.39 is 6.43 Å². The number of aromatic nitrogens is 2. The molecule has 2 heterocycles. The van der Waals surface area contributed by atoms with Gasteiger partial charge in [0.15, 0.2) is 0 Å². The van der Waals surface area contributed by atoms with E-state index in [-0.39, 0.29) is 5.69 Å². The largest absolute Gasteiger partial charge is 0.328 e. The van der Waals surface area contributed by atoms with Gasteiger partial charge in [0.2, 0.25) is 0 Å². The van der Waals surface area contributed by atoms with Crippen molar-refractivity contribution < 1.29 is 8.78 Å². The van der Waals surface area contributed by atoms with Gasteiger partial charge < -0.3 is 4.57 Å². The Morgan fingerprint density at radius 3 is 2.79 bits per heavy atom.